The number of dihydropyridines is 1. The van der Waals surface area contributed by atoms with Gasteiger partial charge in [-0.2, -0.15) is 18.4 Å². The third-order valence-electron chi connectivity index (χ3n) is 6.06. The average molecular weight is 596 g/mol. The Labute approximate surface area is 239 Å². The van der Waals surface area contributed by atoms with Gasteiger partial charge < -0.3 is 20.4 Å². The van der Waals surface area contributed by atoms with Crippen LogP contribution in [0.15, 0.2) is 93.2 Å². The number of thioether (sulfide) groups is 1. The summed E-state index contributed by atoms with van der Waals surface area (Å²) >= 11 is 2.41. The number of allylic oxidation sites excluding steroid dienone is 2. The Hall–Kier alpha value is -4.54. The maximum atomic E-state index is 13.4. The molecule has 3 N–H and O–H groups in total. The van der Waals surface area contributed by atoms with E-state index in [1.54, 1.807) is 19.1 Å². The van der Waals surface area contributed by atoms with Crippen LogP contribution < -0.4 is 16.0 Å². The van der Waals surface area contributed by atoms with Gasteiger partial charge in [0.15, 0.2) is 5.13 Å². The Morgan fingerprint density at radius 3 is 2.66 bits per heavy atom. The minimum absolute atomic E-state index is 0.0579. The number of benzene rings is 2. The summed E-state index contributed by atoms with van der Waals surface area (Å²) in [6.07, 6.45) is -3.19. The van der Waals surface area contributed by atoms with E-state index >= 15 is 0 Å². The number of fused-ring (bicyclic) bond motifs is 1. The summed E-state index contributed by atoms with van der Waals surface area (Å²) in [5, 5.41) is 19.2. The first-order valence-electron chi connectivity index (χ1n) is 12.1. The van der Waals surface area contributed by atoms with Crippen LogP contribution in [-0.4, -0.2) is 22.6 Å². The van der Waals surface area contributed by atoms with Crippen LogP contribution in [0.2, 0.25) is 0 Å². The van der Waals surface area contributed by atoms with E-state index in [-0.39, 0.29) is 34.3 Å². The number of alkyl halides is 3. The van der Waals surface area contributed by atoms with Gasteiger partial charge in [-0.15, -0.1) is 0 Å². The first-order valence-corrected chi connectivity index (χ1v) is 13.9. The van der Waals surface area contributed by atoms with Gasteiger partial charge in [-0.25, -0.2) is 4.98 Å². The zero-order chi connectivity index (χ0) is 29.1. The zero-order valence-corrected chi connectivity index (χ0v) is 22.8. The highest BCUT2D eigenvalue weighted by molar-refractivity contribution is 8.03. The maximum absolute atomic E-state index is 13.4. The summed E-state index contributed by atoms with van der Waals surface area (Å²) in [4.78, 5) is 30.5. The summed E-state index contributed by atoms with van der Waals surface area (Å²) in [6, 6.07) is 17.1. The summed E-state index contributed by atoms with van der Waals surface area (Å²) in [7, 11) is 0. The number of hydrogen-bond donors (Lipinski definition) is 3. The van der Waals surface area contributed by atoms with Gasteiger partial charge in [-0.1, -0.05) is 41.3 Å². The summed E-state index contributed by atoms with van der Waals surface area (Å²) in [5.74, 6) is -1.79. The van der Waals surface area contributed by atoms with Crippen molar-refractivity contribution in [1.29, 1.82) is 5.26 Å². The standard InChI is InChI=1S/C28H20F3N5O3S2/c1-15-23(25(38)34-17-7-4-6-16(12-17)28(29,30)31)24(20-9-5-11-39-20)18(13-32)26(33-15)40-14-22(37)36-27-35-19-8-2-3-10-21(19)41-27/h2-12,24,33H,14H2,1H3,(H,34,38)(H,35,36,37). The van der Waals surface area contributed by atoms with E-state index < -0.39 is 23.6 Å². The molecule has 1 aliphatic heterocycles. The molecule has 2 aromatic heterocycles. The maximum Gasteiger partial charge on any atom is 0.416 e. The minimum Gasteiger partial charge on any atom is -0.468 e. The average Bonchev–Trinajstić information content (AvgIpc) is 3.61. The van der Waals surface area contributed by atoms with Crippen molar-refractivity contribution in [3.05, 3.63) is 100 Å². The number of rotatable bonds is 7. The van der Waals surface area contributed by atoms with E-state index in [1.165, 1.54) is 29.7 Å². The van der Waals surface area contributed by atoms with E-state index in [2.05, 4.69) is 27.0 Å². The number of carbonyl (C=O) groups excluding carboxylic acids is 2. The molecule has 1 atom stereocenters. The predicted octanol–water partition coefficient (Wildman–Crippen LogP) is 6.61. The van der Waals surface area contributed by atoms with Crippen molar-refractivity contribution in [2.24, 2.45) is 0 Å². The fourth-order valence-electron chi connectivity index (χ4n) is 4.26. The van der Waals surface area contributed by atoms with Crippen molar-refractivity contribution in [2.75, 3.05) is 16.4 Å². The van der Waals surface area contributed by atoms with Gasteiger partial charge in [0.25, 0.3) is 5.91 Å². The summed E-state index contributed by atoms with van der Waals surface area (Å²) in [6.45, 7) is 1.60. The van der Waals surface area contributed by atoms with Crippen molar-refractivity contribution in [3.8, 4) is 6.07 Å². The lowest BCUT2D eigenvalue weighted by Gasteiger charge is -2.28. The monoisotopic (exact) mass is 595 g/mol. The second-order valence-corrected chi connectivity index (χ2v) is 10.8. The highest BCUT2D eigenvalue weighted by atomic mass is 32.2. The molecule has 0 fully saturated rings. The fraction of sp³-hybridized carbons (Fsp3) is 0.143. The van der Waals surface area contributed by atoms with Crippen LogP contribution in [-0.2, 0) is 15.8 Å². The van der Waals surface area contributed by atoms with Crippen LogP contribution >= 0.6 is 23.1 Å². The first-order chi connectivity index (χ1) is 19.6. The van der Waals surface area contributed by atoms with Crippen LogP contribution in [0.3, 0.4) is 0 Å². The molecular weight excluding hydrogens is 575 g/mol. The third kappa shape index (κ3) is 6.13. The quantitative estimate of drug-likeness (QED) is 0.220. The SMILES string of the molecule is CC1=C(C(=O)Nc2cccc(C(F)(F)F)c2)C(c2ccco2)C(C#N)=C(SCC(=O)Nc2nc3ccccc3s2)N1. The molecule has 8 nitrogen and oxygen atoms in total. The van der Waals surface area contributed by atoms with E-state index in [4.69, 9.17) is 4.42 Å². The molecule has 0 bridgehead atoms. The molecule has 2 amide bonds. The lowest BCUT2D eigenvalue weighted by molar-refractivity contribution is -0.137. The van der Waals surface area contributed by atoms with E-state index in [0.29, 0.717) is 15.9 Å². The molecule has 0 saturated heterocycles. The molecular formula is C28H20F3N5O3S2. The van der Waals surface area contributed by atoms with Gasteiger partial charge in [-0.05, 0) is 49.4 Å². The largest absolute Gasteiger partial charge is 0.468 e. The van der Waals surface area contributed by atoms with E-state index in [1.807, 2.05) is 24.3 Å². The van der Waals surface area contributed by atoms with E-state index in [0.717, 1.165) is 34.1 Å². The number of nitriles is 1. The van der Waals surface area contributed by atoms with Gasteiger partial charge in [0.05, 0.1) is 56.0 Å². The number of anilines is 2. The van der Waals surface area contributed by atoms with Crippen molar-refractivity contribution in [1.82, 2.24) is 10.3 Å². The number of aromatic nitrogens is 1. The lowest BCUT2D eigenvalue weighted by atomic mass is 9.85. The van der Waals surface area contributed by atoms with Crippen molar-refractivity contribution < 1.29 is 27.2 Å². The zero-order valence-electron chi connectivity index (χ0n) is 21.2. The Morgan fingerprint density at radius 1 is 1.15 bits per heavy atom. The minimum atomic E-state index is -4.58. The van der Waals surface area contributed by atoms with Gasteiger partial charge in [0.2, 0.25) is 5.91 Å². The number of thiazole rings is 1. The predicted molar refractivity (Wildman–Crippen MR) is 151 cm³/mol. The number of halogens is 3. The molecule has 13 heteroatoms. The highest BCUT2D eigenvalue weighted by Crippen LogP contribution is 2.41. The third-order valence-corrected chi connectivity index (χ3v) is 8.02. The molecule has 41 heavy (non-hydrogen) atoms. The molecule has 1 aliphatic rings. The van der Waals surface area contributed by atoms with Crippen LogP contribution in [0.1, 0.15) is 24.2 Å². The molecule has 0 spiro atoms. The van der Waals surface area contributed by atoms with E-state index in [9.17, 15) is 28.0 Å². The number of nitrogens with one attached hydrogen (secondary N) is 3. The molecule has 3 heterocycles. The normalized spacial score (nSPS) is 15.4. The number of amides is 2. The van der Waals surface area contributed by atoms with Crippen LogP contribution in [0.4, 0.5) is 24.0 Å². The molecule has 5 rings (SSSR count). The molecule has 208 valence electrons. The van der Waals surface area contributed by atoms with Gasteiger partial charge >= 0.3 is 6.18 Å². The van der Waals surface area contributed by atoms with Crippen molar-refractivity contribution in [3.63, 3.8) is 0 Å². The molecule has 4 aromatic rings. The lowest BCUT2D eigenvalue weighted by Crippen LogP contribution is -2.31. The Balaban J connectivity index is 1.37. The molecule has 0 radical (unpaired) electrons. The van der Waals surface area contributed by atoms with Gasteiger partial charge in [0.1, 0.15) is 5.76 Å². The fourth-order valence-corrected chi connectivity index (χ4v) is 6.03. The van der Waals surface area contributed by atoms with Gasteiger partial charge in [-0.3, -0.25) is 9.59 Å². The van der Waals surface area contributed by atoms with Crippen LogP contribution in [0.25, 0.3) is 10.2 Å². The Bertz CT molecular complexity index is 1700. The Morgan fingerprint density at radius 2 is 1.95 bits per heavy atom. The smallest absolute Gasteiger partial charge is 0.416 e. The Kier molecular flexibility index (Phi) is 7.87. The number of carbonyl (C=O) groups is 2. The second kappa shape index (κ2) is 11.5. The molecule has 2 aromatic carbocycles. The van der Waals surface area contributed by atoms with Crippen molar-refractivity contribution >= 4 is 55.9 Å². The van der Waals surface area contributed by atoms with Crippen molar-refractivity contribution in [2.45, 2.75) is 19.0 Å². The topological polar surface area (TPSA) is 120 Å². The number of hydrogen-bond acceptors (Lipinski definition) is 8. The highest BCUT2D eigenvalue weighted by Gasteiger charge is 2.37. The van der Waals surface area contributed by atoms with Gasteiger partial charge in [0, 0.05) is 11.4 Å². The second-order valence-electron chi connectivity index (χ2n) is 8.82. The molecule has 1 unspecified atom stereocenters. The summed E-state index contributed by atoms with van der Waals surface area (Å²) < 4.78 is 46.1. The van der Waals surface area contributed by atoms with Crippen LogP contribution in [0, 0.1) is 11.3 Å². The number of nitrogens with zero attached hydrogens (tertiary/aromatic N) is 2. The molecule has 0 saturated carbocycles. The van der Waals surface area contributed by atoms with Crippen LogP contribution in [0.5, 0.6) is 0 Å². The number of furan rings is 1. The molecule has 0 aliphatic carbocycles. The summed E-state index contributed by atoms with van der Waals surface area (Å²) in [5.41, 5.74) is 0.365. The number of para-hydroxylation sites is 1. The first kappa shape index (κ1) is 28.0.